The Morgan fingerprint density at radius 1 is 1.08 bits per heavy atom. The molecule has 2 amide bonds. The molecule has 3 aromatic rings. The number of para-hydroxylation sites is 1. The van der Waals surface area contributed by atoms with Crippen LogP contribution in [0.15, 0.2) is 29.2 Å². The first-order chi connectivity index (χ1) is 25.2. The molecule has 15 heteroatoms. The molecule has 0 spiro atoms. The van der Waals surface area contributed by atoms with Crippen LogP contribution in [0.1, 0.15) is 108 Å². The van der Waals surface area contributed by atoms with E-state index in [2.05, 4.69) is 38.6 Å². The lowest BCUT2D eigenvalue weighted by molar-refractivity contribution is -0.130. The van der Waals surface area contributed by atoms with Crippen LogP contribution in [0.25, 0.3) is 11.0 Å². The molecule has 292 valence electrons. The van der Waals surface area contributed by atoms with Gasteiger partial charge in [-0.3, -0.25) is 28.8 Å². The molecule has 2 atom stereocenters. The van der Waals surface area contributed by atoms with Crippen LogP contribution in [0.5, 0.6) is 0 Å². The molecule has 3 aliphatic rings. The summed E-state index contributed by atoms with van der Waals surface area (Å²) in [6.45, 7) is 9.91. The van der Waals surface area contributed by atoms with E-state index in [9.17, 15) is 28.3 Å². The minimum atomic E-state index is -2.81. The van der Waals surface area contributed by atoms with Crippen molar-refractivity contribution in [2.75, 3.05) is 38.5 Å². The van der Waals surface area contributed by atoms with Gasteiger partial charge in [0.05, 0.1) is 22.8 Å². The summed E-state index contributed by atoms with van der Waals surface area (Å²) < 4.78 is 37.6. The number of rotatable bonds is 11. The van der Waals surface area contributed by atoms with E-state index in [1.165, 1.54) is 6.20 Å². The van der Waals surface area contributed by atoms with Crippen molar-refractivity contribution in [3.05, 3.63) is 46.1 Å². The molecule has 1 aromatic carbocycles. The Kier molecular flexibility index (Phi) is 11.9. The molecule has 3 fully saturated rings. The molecule has 0 bridgehead atoms. The zero-order valence-corrected chi connectivity index (χ0v) is 31.7. The van der Waals surface area contributed by atoms with Gasteiger partial charge in [-0.1, -0.05) is 12.1 Å². The van der Waals surface area contributed by atoms with Gasteiger partial charge in [0, 0.05) is 26.3 Å². The van der Waals surface area contributed by atoms with Gasteiger partial charge in [-0.15, -0.1) is 0 Å². The van der Waals surface area contributed by atoms with Gasteiger partial charge < -0.3 is 20.1 Å². The second kappa shape index (κ2) is 16.3. The van der Waals surface area contributed by atoms with Crippen molar-refractivity contribution in [2.24, 2.45) is 18.9 Å². The average molecular weight is 743 g/mol. The van der Waals surface area contributed by atoms with Gasteiger partial charge in [-0.25, -0.2) is 18.4 Å². The highest BCUT2D eigenvalue weighted by molar-refractivity contribution is 5.86. The number of aliphatic hydroxyl groups is 1. The summed E-state index contributed by atoms with van der Waals surface area (Å²) in [6, 6.07) is 5.31. The number of aliphatic hydroxyl groups excluding tert-OH is 1. The first-order valence-electron chi connectivity index (χ1n) is 19.1. The Labute approximate surface area is 309 Å². The predicted octanol–water partition coefficient (Wildman–Crippen LogP) is 5.56. The molecule has 0 radical (unpaired) electrons. The minimum Gasteiger partial charge on any atom is -0.444 e. The number of ether oxygens (including phenoxy) is 1. The number of carbonyl (C=O) groups excluding carboxylic acids is 2. The van der Waals surface area contributed by atoms with E-state index in [0.29, 0.717) is 24.7 Å². The molecule has 1 saturated carbocycles. The fraction of sp³-hybridized carbons (Fsp3) is 0.684. The van der Waals surface area contributed by atoms with Crippen molar-refractivity contribution in [3.8, 4) is 0 Å². The molecule has 4 heterocycles. The number of carbonyl (C=O) groups is 2. The fourth-order valence-corrected chi connectivity index (χ4v) is 8.44. The van der Waals surface area contributed by atoms with E-state index in [-0.39, 0.29) is 23.3 Å². The van der Waals surface area contributed by atoms with Gasteiger partial charge in [0.1, 0.15) is 17.9 Å². The number of amides is 2. The van der Waals surface area contributed by atoms with Crippen LogP contribution < -0.4 is 16.3 Å². The first kappa shape index (κ1) is 38.9. The SMILES string of the molecule is CN(CCC1CCN(Cc2cccc3c2n(C)c(=O)n3C2CCC(O)NC2=O)CC1)C[C@H]1CC[C@H](n2cc(NC(=O)OC(C)(C)C)c(C(F)F)n2)CC1. The summed E-state index contributed by atoms with van der Waals surface area (Å²) in [5.41, 5.74) is 1.29. The molecule has 2 aromatic heterocycles. The maximum Gasteiger partial charge on any atom is 0.412 e. The number of hydrogen-bond acceptors (Lipinski definition) is 8. The first-order valence-corrected chi connectivity index (χ1v) is 19.1. The maximum atomic E-state index is 13.8. The number of anilines is 1. The Bertz CT molecular complexity index is 1800. The van der Waals surface area contributed by atoms with Gasteiger partial charge in [-0.05, 0) is 129 Å². The molecular formula is C38H56F2N8O5. The second-order valence-corrected chi connectivity index (χ2v) is 16.4. The van der Waals surface area contributed by atoms with E-state index in [0.717, 1.165) is 94.3 Å². The van der Waals surface area contributed by atoms with E-state index in [4.69, 9.17) is 4.74 Å². The number of piperidine rings is 2. The van der Waals surface area contributed by atoms with Crippen molar-refractivity contribution in [1.29, 1.82) is 0 Å². The smallest absolute Gasteiger partial charge is 0.412 e. The quantitative estimate of drug-likeness (QED) is 0.233. The zero-order chi connectivity index (χ0) is 38.0. The van der Waals surface area contributed by atoms with Crippen molar-refractivity contribution >= 4 is 28.7 Å². The van der Waals surface area contributed by atoms with Gasteiger partial charge >= 0.3 is 11.8 Å². The monoisotopic (exact) mass is 742 g/mol. The average Bonchev–Trinajstić information content (AvgIpc) is 3.62. The molecule has 2 unspecified atom stereocenters. The van der Waals surface area contributed by atoms with Crippen molar-refractivity contribution in [1.82, 2.24) is 34.0 Å². The highest BCUT2D eigenvalue weighted by atomic mass is 19.3. The Balaban J connectivity index is 0.946. The van der Waals surface area contributed by atoms with Gasteiger partial charge in [0.15, 0.2) is 5.69 Å². The third kappa shape index (κ3) is 9.29. The van der Waals surface area contributed by atoms with Crippen LogP contribution in [0, 0.1) is 11.8 Å². The lowest BCUT2D eigenvalue weighted by atomic mass is 9.85. The largest absolute Gasteiger partial charge is 0.444 e. The number of aromatic nitrogens is 4. The summed E-state index contributed by atoms with van der Waals surface area (Å²) >= 11 is 0. The Morgan fingerprint density at radius 2 is 1.79 bits per heavy atom. The molecule has 13 nitrogen and oxygen atoms in total. The fourth-order valence-electron chi connectivity index (χ4n) is 8.44. The topological polar surface area (TPSA) is 139 Å². The summed E-state index contributed by atoms with van der Waals surface area (Å²) in [4.78, 5) is 43.2. The highest BCUT2D eigenvalue weighted by Crippen LogP contribution is 2.35. The number of likely N-dealkylation sites (tertiary alicyclic amines) is 1. The summed E-state index contributed by atoms with van der Waals surface area (Å²) in [7, 11) is 3.96. The molecule has 3 N–H and O–H groups in total. The van der Waals surface area contributed by atoms with E-state index >= 15 is 0 Å². The second-order valence-electron chi connectivity index (χ2n) is 16.4. The number of hydrogen-bond donors (Lipinski definition) is 3. The molecule has 53 heavy (non-hydrogen) atoms. The lowest BCUT2D eigenvalue weighted by Crippen LogP contribution is -2.46. The van der Waals surface area contributed by atoms with Crippen molar-refractivity contribution in [3.63, 3.8) is 0 Å². The highest BCUT2D eigenvalue weighted by Gasteiger charge is 2.32. The minimum absolute atomic E-state index is 0.00432. The summed E-state index contributed by atoms with van der Waals surface area (Å²) in [6.07, 6.45) is 4.94. The van der Waals surface area contributed by atoms with Crippen LogP contribution in [-0.2, 0) is 23.1 Å². The van der Waals surface area contributed by atoms with Crippen LogP contribution >= 0.6 is 0 Å². The molecule has 1 aliphatic carbocycles. The van der Waals surface area contributed by atoms with Crippen LogP contribution in [0.4, 0.5) is 19.3 Å². The number of alkyl halides is 2. The van der Waals surface area contributed by atoms with E-state index in [1.54, 1.807) is 41.6 Å². The molecule has 6 rings (SSSR count). The summed E-state index contributed by atoms with van der Waals surface area (Å²) in [5, 5.41) is 19.0. The van der Waals surface area contributed by atoms with Crippen LogP contribution in [-0.4, -0.2) is 90.9 Å². The zero-order valence-electron chi connectivity index (χ0n) is 31.7. The number of aryl methyl sites for hydroxylation is 1. The number of nitrogens with one attached hydrogen (secondary N) is 2. The third-order valence-electron chi connectivity index (χ3n) is 11.2. The third-order valence-corrected chi connectivity index (χ3v) is 11.2. The number of nitrogens with zero attached hydrogens (tertiary/aromatic N) is 6. The summed E-state index contributed by atoms with van der Waals surface area (Å²) in [5.74, 6) is 0.862. The van der Waals surface area contributed by atoms with Crippen LogP contribution in [0.2, 0.25) is 0 Å². The molecule has 2 saturated heterocycles. The molecule has 2 aliphatic heterocycles. The normalized spacial score (nSPS) is 23.5. The van der Waals surface area contributed by atoms with Crippen LogP contribution in [0.3, 0.4) is 0 Å². The molecular weight excluding hydrogens is 686 g/mol. The van der Waals surface area contributed by atoms with Crippen molar-refractivity contribution < 1.29 is 28.2 Å². The number of halogens is 2. The Hall–Kier alpha value is -3.82. The van der Waals surface area contributed by atoms with E-state index < -0.39 is 36.1 Å². The standard InChI is InChI=1S/C38H56F2N8O5/c1-38(2,3)53-36(51)41-28-23-47(43-32(28)34(39)40)27-11-9-25(10-12-27)21-44(4)18-15-24-16-19-46(20-17-24)22-26-7-6-8-29-33(26)45(5)37(52)48(29)30-13-14-31(49)42-35(30)50/h6-8,23-25,27,30-31,34,49H,9-22H2,1-5H3,(H,41,51)(H,42,50)/t25-,27-,30?,31?. The predicted molar refractivity (Wildman–Crippen MR) is 198 cm³/mol. The van der Waals surface area contributed by atoms with Gasteiger partial charge in [0.25, 0.3) is 6.43 Å². The number of benzene rings is 1. The van der Waals surface area contributed by atoms with Crippen molar-refractivity contribution in [2.45, 2.75) is 115 Å². The number of fused-ring (bicyclic) bond motifs is 1. The number of imidazole rings is 1. The maximum absolute atomic E-state index is 13.8. The van der Waals surface area contributed by atoms with Gasteiger partial charge in [0.2, 0.25) is 5.91 Å². The Morgan fingerprint density at radius 3 is 2.45 bits per heavy atom. The van der Waals surface area contributed by atoms with Gasteiger partial charge in [-0.2, -0.15) is 5.10 Å². The van der Waals surface area contributed by atoms with E-state index in [1.807, 2.05) is 12.1 Å². The lowest BCUT2D eigenvalue weighted by Gasteiger charge is -2.34.